The Morgan fingerprint density at radius 2 is 2.17 bits per heavy atom. The molecule has 7 heteroatoms. The van der Waals surface area contributed by atoms with Crippen molar-refractivity contribution >= 4 is 34.0 Å². The number of halogens is 1. The van der Waals surface area contributed by atoms with Crippen LogP contribution in [0.2, 0.25) is 5.02 Å². The SMILES string of the molecule is CC=CCCCC1COC(C)(c2ccc(CC(=O)Nc3snc(C)c3Cl)cc2)O1. The number of unbranched alkanes of at least 4 members (excludes halogenated alkanes) is 1. The molecule has 2 heterocycles. The lowest BCUT2D eigenvalue weighted by Gasteiger charge is -2.24. The van der Waals surface area contributed by atoms with Crippen LogP contribution in [-0.4, -0.2) is 23.0 Å². The van der Waals surface area contributed by atoms with E-state index in [2.05, 4.69) is 21.8 Å². The highest BCUT2D eigenvalue weighted by molar-refractivity contribution is 7.11. The number of aryl methyl sites for hydroxylation is 1. The number of benzene rings is 1. The van der Waals surface area contributed by atoms with Crippen molar-refractivity contribution < 1.29 is 14.3 Å². The van der Waals surface area contributed by atoms with Gasteiger partial charge in [-0.05, 0) is 57.1 Å². The second kappa shape index (κ2) is 9.85. The zero-order chi connectivity index (χ0) is 20.9. The molecule has 0 aliphatic carbocycles. The van der Waals surface area contributed by atoms with E-state index in [1.54, 1.807) is 0 Å². The van der Waals surface area contributed by atoms with Gasteiger partial charge < -0.3 is 14.8 Å². The number of aromatic nitrogens is 1. The van der Waals surface area contributed by atoms with E-state index in [9.17, 15) is 4.79 Å². The Morgan fingerprint density at radius 1 is 1.41 bits per heavy atom. The Balaban J connectivity index is 1.54. The van der Waals surface area contributed by atoms with Gasteiger partial charge in [0.1, 0.15) is 5.00 Å². The maximum atomic E-state index is 12.3. The van der Waals surface area contributed by atoms with E-state index in [0.29, 0.717) is 16.6 Å². The zero-order valence-electron chi connectivity index (χ0n) is 17.0. The molecule has 1 amide bonds. The predicted octanol–water partition coefficient (Wildman–Crippen LogP) is 5.62. The van der Waals surface area contributed by atoms with Crippen molar-refractivity contribution in [3.63, 3.8) is 0 Å². The topological polar surface area (TPSA) is 60.5 Å². The molecule has 0 bridgehead atoms. The summed E-state index contributed by atoms with van der Waals surface area (Å²) >= 11 is 7.32. The van der Waals surface area contributed by atoms with Crippen LogP contribution in [0.3, 0.4) is 0 Å². The maximum Gasteiger partial charge on any atom is 0.229 e. The van der Waals surface area contributed by atoms with E-state index in [1.165, 1.54) is 11.5 Å². The second-order valence-corrected chi connectivity index (χ2v) is 8.48. The Hall–Kier alpha value is -1.73. The number of carbonyl (C=O) groups excluding carboxylic acids is 1. The predicted molar refractivity (Wildman–Crippen MR) is 117 cm³/mol. The number of allylic oxidation sites excluding steroid dienone is 2. The molecular weight excluding hydrogens is 408 g/mol. The third-order valence-electron chi connectivity index (χ3n) is 4.96. The van der Waals surface area contributed by atoms with E-state index in [4.69, 9.17) is 21.1 Å². The number of anilines is 1. The molecule has 2 aromatic rings. The van der Waals surface area contributed by atoms with E-state index >= 15 is 0 Å². The number of hydrogen-bond donors (Lipinski definition) is 1. The molecule has 1 N–H and O–H groups in total. The average Bonchev–Trinajstić information content (AvgIpc) is 3.24. The largest absolute Gasteiger partial charge is 0.343 e. The summed E-state index contributed by atoms with van der Waals surface area (Å²) in [7, 11) is 0. The number of nitrogens with zero attached hydrogens (tertiary/aromatic N) is 1. The lowest BCUT2D eigenvalue weighted by Crippen LogP contribution is -2.24. The molecule has 1 aromatic heterocycles. The summed E-state index contributed by atoms with van der Waals surface area (Å²) in [5, 5.41) is 3.91. The molecule has 5 nitrogen and oxygen atoms in total. The fraction of sp³-hybridized carbons (Fsp3) is 0.455. The highest BCUT2D eigenvalue weighted by atomic mass is 35.5. The summed E-state index contributed by atoms with van der Waals surface area (Å²) < 4.78 is 16.3. The van der Waals surface area contributed by atoms with Gasteiger partial charge in [0.15, 0.2) is 5.79 Å². The molecule has 1 saturated heterocycles. The van der Waals surface area contributed by atoms with Crippen molar-refractivity contribution in [2.75, 3.05) is 11.9 Å². The minimum Gasteiger partial charge on any atom is -0.343 e. The molecular formula is C22H27ClN2O3S. The molecule has 2 unspecified atom stereocenters. The van der Waals surface area contributed by atoms with Gasteiger partial charge >= 0.3 is 0 Å². The molecule has 2 atom stereocenters. The van der Waals surface area contributed by atoms with Gasteiger partial charge in [0.25, 0.3) is 0 Å². The van der Waals surface area contributed by atoms with Gasteiger partial charge in [0.2, 0.25) is 5.91 Å². The molecule has 0 radical (unpaired) electrons. The lowest BCUT2D eigenvalue weighted by molar-refractivity contribution is -0.162. The second-order valence-electron chi connectivity index (χ2n) is 7.33. The standard InChI is InChI=1S/C22H27ClN2O3S/c1-4-5-6-7-8-18-14-27-22(3,28-18)17-11-9-16(10-12-17)13-19(26)24-21-20(23)15(2)25-29-21/h4-5,9-12,18H,6-8,13-14H2,1-3H3,(H,24,26). The van der Waals surface area contributed by atoms with E-state index < -0.39 is 5.79 Å². The van der Waals surface area contributed by atoms with Gasteiger partial charge in [0, 0.05) is 5.56 Å². The van der Waals surface area contributed by atoms with Crippen LogP contribution in [0.15, 0.2) is 36.4 Å². The number of nitrogens with one attached hydrogen (secondary N) is 1. The van der Waals surface area contributed by atoms with E-state index in [0.717, 1.165) is 36.1 Å². The van der Waals surface area contributed by atoms with Crippen LogP contribution in [0.25, 0.3) is 0 Å². The van der Waals surface area contributed by atoms with Crippen LogP contribution in [0.4, 0.5) is 5.00 Å². The molecule has 0 saturated carbocycles. The van der Waals surface area contributed by atoms with Gasteiger partial charge in [-0.15, -0.1) is 0 Å². The van der Waals surface area contributed by atoms with Gasteiger partial charge in [-0.1, -0.05) is 48.0 Å². The normalized spacial score (nSPS) is 21.7. The van der Waals surface area contributed by atoms with Crippen LogP contribution in [0, 0.1) is 6.92 Å². The number of ether oxygens (including phenoxy) is 2. The van der Waals surface area contributed by atoms with Crippen LogP contribution in [0.5, 0.6) is 0 Å². The summed E-state index contributed by atoms with van der Waals surface area (Å²) in [5.74, 6) is -0.858. The Kier molecular flexibility index (Phi) is 7.46. The Morgan fingerprint density at radius 3 is 2.83 bits per heavy atom. The molecule has 1 aromatic carbocycles. The summed E-state index contributed by atoms with van der Waals surface area (Å²) in [6.07, 6.45) is 7.77. The fourth-order valence-electron chi connectivity index (χ4n) is 3.28. The van der Waals surface area contributed by atoms with Crippen molar-refractivity contribution in [1.82, 2.24) is 4.37 Å². The molecule has 29 heavy (non-hydrogen) atoms. The number of amides is 1. The third-order valence-corrected chi connectivity index (χ3v) is 6.38. The van der Waals surface area contributed by atoms with Crippen molar-refractivity contribution in [3.8, 4) is 0 Å². The molecule has 1 aliphatic rings. The first-order valence-electron chi connectivity index (χ1n) is 9.85. The quantitative estimate of drug-likeness (QED) is 0.432. The summed E-state index contributed by atoms with van der Waals surface area (Å²) in [6.45, 7) is 6.41. The Labute approximate surface area is 181 Å². The van der Waals surface area contributed by atoms with Gasteiger partial charge in [-0.25, -0.2) is 0 Å². The minimum atomic E-state index is -0.736. The maximum absolute atomic E-state index is 12.3. The van der Waals surface area contributed by atoms with Crippen molar-refractivity contribution in [1.29, 1.82) is 0 Å². The highest BCUT2D eigenvalue weighted by Crippen LogP contribution is 2.35. The lowest BCUT2D eigenvalue weighted by atomic mass is 10.0. The minimum absolute atomic E-state index is 0.114. The van der Waals surface area contributed by atoms with Crippen LogP contribution < -0.4 is 5.32 Å². The zero-order valence-corrected chi connectivity index (χ0v) is 18.6. The number of carbonyl (C=O) groups is 1. The summed E-state index contributed by atoms with van der Waals surface area (Å²) in [5.41, 5.74) is 2.59. The summed E-state index contributed by atoms with van der Waals surface area (Å²) in [4.78, 5) is 12.3. The average molecular weight is 435 g/mol. The summed E-state index contributed by atoms with van der Waals surface area (Å²) in [6, 6.07) is 7.81. The third kappa shape index (κ3) is 5.66. The van der Waals surface area contributed by atoms with Gasteiger partial charge in [-0.3, -0.25) is 4.79 Å². The first-order valence-corrected chi connectivity index (χ1v) is 11.0. The van der Waals surface area contributed by atoms with E-state index in [-0.39, 0.29) is 18.4 Å². The fourth-order valence-corrected chi connectivity index (χ4v) is 4.23. The van der Waals surface area contributed by atoms with Crippen molar-refractivity contribution in [2.45, 2.75) is 58.3 Å². The number of hydrogen-bond acceptors (Lipinski definition) is 5. The van der Waals surface area contributed by atoms with Gasteiger partial charge in [-0.2, -0.15) is 4.37 Å². The number of rotatable bonds is 8. The smallest absolute Gasteiger partial charge is 0.229 e. The first-order chi connectivity index (χ1) is 13.9. The van der Waals surface area contributed by atoms with Crippen molar-refractivity contribution in [2.24, 2.45) is 0 Å². The monoisotopic (exact) mass is 434 g/mol. The first kappa shape index (κ1) is 22.0. The Bertz CT molecular complexity index is 865. The van der Waals surface area contributed by atoms with Crippen molar-refractivity contribution in [3.05, 3.63) is 58.3 Å². The van der Waals surface area contributed by atoms with E-state index in [1.807, 2.05) is 45.0 Å². The molecule has 156 valence electrons. The molecule has 3 rings (SSSR count). The molecule has 0 spiro atoms. The molecule has 1 fully saturated rings. The molecule has 1 aliphatic heterocycles. The van der Waals surface area contributed by atoms with Crippen LogP contribution in [0.1, 0.15) is 49.9 Å². The van der Waals surface area contributed by atoms with Gasteiger partial charge in [0.05, 0.1) is 29.8 Å². The van der Waals surface area contributed by atoms with Crippen LogP contribution >= 0.6 is 23.1 Å². The van der Waals surface area contributed by atoms with Crippen LogP contribution in [-0.2, 0) is 26.5 Å². The highest BCUT2D eigenvalue weighted by Gasteiger charge is 2.38.